The van der Waals surface area contributed by atoms with Gasteiger partial charge in [-0.1, -0.05) is 0 Å². The highest BCUT2D eigenvalue weighted by atomic mass is 19.1. The van der Waals surface area contributed by atoms with Gasteiger partial charge in [-0.25, -0.2) is 4.39 Å². The van der Waals surface area contributed by atoms with Crippen molar-refractivity contribution in [2.75, 3.05) is 24.6 Å². The van der Waals surface area contributed by atoms with Crippen molar-refractivity contribution in [2.24, 2.45) is 5.73 Å². The summed E-state index contributed by atoms with van der Waals surface area (Å²) >= 11 is 0. The summed E-state index contributed by atoms with van der Waals surface area (Å²) in [5.41, 5.74) is 6.02. The fraction of sp³-hybridized carbons (Fsp3) is 0.500. The van der Waals surface area contributed by atoms with Crippen LogP contribution in [0, 0.1) is 15.9 Å². The molecule has 1 aliphatic rings. The van der Waals surface area contributed by atoms with Gasteiger partial charge in [0.05, 0.1) is 23.7 Å². The molecule has 0 saturated carbocycles. The van der Waals surface area contributed by atoms with Gasteiger partial charge in [-0.05, 0) is 13.0 Å². The molecule has 6 nitrogen and oxygen atoms in total. The van der Waals surface area contributed by atoms with Crippen molar-refractivity contribution in [3.05, 3.63) is 34.1 Å². The Bertz CT molecular complexity index is 481. The zero-order valence-electron chi connectivity index (χ0n) is 10.6. The third-order valence-electron chi connectivity index (χ3n) is 3.12. The van der Waals surface area contributed by atoms with Gasteiger partial charge in [0.15, 0.2) is 0 Å². The van der Waals surface area contributed by atoms with Gasteiger partial charge in [0.1, 0.15) is 5.82 Å². The molecule has 1 aliphatic heterocycles. The zero-order valence-corrected chi connectivity index (χ0v) is 10.6. The van der Waals surface area contributed by atoms with Crippen molar-refractivity contribution in [3.63, 3.8) is 0 Å². The lowest BCUT2D eigenvalue weighted by atomic mass is 10.1. The van der Waals surface area contributed by atoms with Crippen molar-refractivity contribution in [1.82, 2.24) is 0 Å². The van der Waals surface area contributed by atoms with Crippen molar-refractivity contribution in [3.8, 4) is 0 Å². The molecule has 1 fully saturated rings. The van der Waals surface area contributed by atoms with Crippen LogP contribution in [0.3, 0.4) is 0 Å². The van der Waals surface area contributed by atoms with Crippen LogP contribution >= 0.6 is 0 Å². The van der Waals surface area contributed by atoms with E-state index < -0.39 is 10.7 Å². The topological polar surface area (TPSA) is 81.6 Å². The second kappa shape index (κ2) is 5.50. The Kier molecular flexibility index (Phi) is 3.96. The molecule has 1 heterocycles. The number of halogens is 1. The van der Waals surface area contributed by atoms with E-state index >= 15 is 0 Å². The van der Waals surface area contributed by atoms with Crippen LogP contribution in [0.25, 0.3) is 0 Å². The molecule has 19 heavy (non-hydrogen) atoms. The minimum Gasteiger partial charge on any atom is -0.373 e. The Balaban J connectivity index is 2.23. The first kappa shape index (κ1) is 13.7. The summed E-state index contributed by atoms with van der Waals surface area (Å²) in [6.45, 7) is 3.36. The number of morpholine rings is 1. The minimum atomic E-state index is -0.618. The Hall–Kier alpha value is -1.73. The summed E-state index contributed by atoms with van der Waals surface area (Å²) < 4.78 is 18.9. The molecule has 2 unspecified atom stereocenters. The lowest BCUT2D eigenvalue weighted by molar-refractivity contribution is -0.385. The second-order valence-electron chi connectivity index (χ2n) is 4.64. The number of benzene rings is 1. The van der Waals surface area contributed by atoms with Crippen molar-refractivity contribution in [1.29, 1.82) is 0 Å². The van der Waals surface area contributed by atoms with Gasteiger partial charge in [0.25, 0.3) is 5.69 Å². The van der Waals surface area contributed by atoms with Crippen LogP contribution in [-0.2, 0) is 4.74 Å². The fourth-order valence-corrected chi connectivity index (χ4v) is 2.08. The number of nitro benzene ring substituents is 1. The Labute approximate surface area is 110 Å². The van der Waals surface area contributed by atoms with Crippen molar-refractivity contribution in [2.45, 2.75) is 19.1 Å². The molecule has 0 aromatic heterocycles. The van der Waals surface area contributed by atoms with E-state index in [1.807, 2.05) is 11.8 Å². The average Bonchev–Trinajstić information content (AvgIpc) is 2.38. The van der Waals surface area contributed by atoms with Crippen molar-refractivity contribution >= 4 is 11.4 Å². The van der Waals surface area contributed by atoms with Crippen LogP contribution in [0.15, 0.2) is 18.2 Å². The van der Waals surface area contributed by atoms with Crippen LogP contribution in [0.4, 0.5) is 15.8 Å². The van der Waals surface area contributed by atoms with E-state index in [1.54, 1.807) is 0 Å². The maximum Gasteiger partial charge on any atom is 0.274 e. The summed E-state index contributed by atoms with van der Waals surface area (Å²) in [6, 6.07) is 3.42. The second-order valence-corrected chi connectivity index (χ2v) is 4.64. The molecule has 1 aromatic carbocycles. The molecular formula is C12H16FN3O3. The van der Waals surface area contributed by atoms with E-state index in [0.717, 1.165) is 6.07 Å². The van der Waals surface area contributed by atoms with Gasteiger partial charge in [-0.15, -0.1) is 0 Å². The molecule has 0 radical (unpaired) electrons. The number of hydrogen-bond acceptors (Lipinski definition) is 5. The van der Waals surface area contributed by atoms with Crippen LogP contribution in [0.5, 0.6) is 0 Å². The normalized spacial score (nSPS) is 21.2. The number of nitrogens with two attached hydrogens (primary N) is 1. The Morgan fingerprint density at radius 3 is 2.95 bits per heavy atom. The van der Waals surface area contributed by atoms with E-state index in [2.05, 4.69) is 0 Å². The molecule has 0 bridgehead atoms. The summed E-state index contributed by atoms with van der Waals surface area (Å²) in [5.74, 6) is -0.618. The summed E-state index contributed by atoms with van der Waals surface area (Å²) in [6.07, 6.45) is -0.156. The number of rotatable bonds is 3. The van der Waals surface area contributed by atoms with E-state index in [4.69, 9.17) is 10.5 Å². The number of non-ortho nitro benzene ring substituents is 1. The van der Waals surface area contributed by atoms with Gasteiger partial charge in [-0.3, -0.25) is 10.1 Å². The van der Waals surface area contributed by atoms with E-state index in [0.29, 0.717) is 25.4 Å². The van der Waals surface area contributed by atoms with Crippen LogP contribution in [-0.4, -0.2) is 36.8 Å². The largest absolute Gasteiger partial charge is 0.373 e. The maximum atomic E-state index is 13.4. The first-order valence-corrected chi connectivity index (χ1v) is 6.04. The van der Waals surface area contributed by atoms with E-state index in [1.165, 1.54) is 12.1 Å². The minimum absolute atomic E-state index is 0.147. The third kappa shape index (κ3) is 3.18. The predicted octanol–water partition coefficient (Wildman–Crippen LogP) is 1.29. The predicted molar refractivity (Wildman–Crippen MR) is 68.7 cm³/mol. The molecule has 1 aromatic rings. The van der Waals surface area contributed by atoms with Crippen LogP contribution < -0.4 is 10.6 Å². The molecule has 2 N–H and O–H groups in total. The van der Waals surface area contributed by atoms with Crippen molar-refractivity contribution < 1.29 is 14.1 Å². The SMILES string of the molecule is CC(N)C1CN(c2cc(F)cc([N+](=O)[O-])c2)CCO1. The van der Waals surface area contributed by atoms with E-state index in [-0.39, 0.29) is 17.8 Å². The quantitative estimate of drug-likeness (QED) is 0.660. The number of nitrogens with zero attached hydrogens (tertiary/aromatic N) is 2. The van der Waals surface area contributed by atoms with Gasteiger partial charge in [0, 0.05) is 30.9 Å². The number of ether oxygens (including phenoxy) is 1. The molecule has 2 rings (SSSR count). The monoisotopic (exact) mass is 269 g/mol. The van der Waals surface area contributed by atoms with Gasteiger partial charge < -0.3 is 15.4 Å². The fourth-order valence-electron chi connectivity index (χ4n) is 2.08. The molecule has 0 spiro atoms. The molecular weight excluding hydrogens is 253 g/mol. The number of nitro groups is 1. The molecule has 7 heteroatoms. The Morgan fingerprint density at radius 2 is 2.32 bits per heavy atom. The lowest BCUT2D eigenvalue weighted by Crippen LogP contribution is -2.49. The standard InChI is InChI=1S/C12H16FN3O3/c1-8(14)12-7-15(2-3-19-12)10-4-9(13)5-11(6-10)16(17)18/h4-6,8,12H,2-3,7,14H2,1H3. The van der Waals surface area contributed by atoms with Gasteiger partial charge >= 0.3 is 0 Å². The molecule has 104 valence electrons. The summed E-state index contributed by atoms with van der Waals surface area (Å²) in [7, 11) is 0. The molecule has 0 amide bonds. The molecule has 2 atom stereocenters. The summed E-state index contributed by atoms with van der Waals surface area (Å²) in [4.78, 5) is 12.0. The first-order chi connectivity index (χ1) is 8.97. The van der Waals surface area contributed by atoms with E-state index in [9.17, 15) is 14.5 Å². The van der Waals surface area contributed by atoms with Crippen LogP contribution in [0.2, 0.25) is 0 Å². The highest BCUT2D eigenvalue weighted by molar-refractivity contribution is 5.54. The first-order valence-electron chi connectivity index (χ1n) is 6.04. The zero-order chi connectivity index (χ0) is 14.0. The molecule has 0 aliphatic carbocycles. The van der Waals surface area contributed by atoms with Gasteiger partial charge in [-0.2, -0.15) is 0 Å². The number of hydrogen-bond donors (Lipinski definition) is 1. The van der Waals surface area contributed by atoms with Gasteiger partial charge in [0.2, 0.25) is 0 Å². The maximum absolute atomic E-state index is 13.4. The third-order valence-corrected chi connectivity index (χ3v) is 3.12. The average molecular weight is 269 g/mol. The highest BCUT2D eigenvalue weighted by Gasteiger charge is 2.25. The molecule has 1 saturated heterocycles. The summed E-state index contributed by atoms with van der Waals surface area (Å²) in [5, 5.41) is 10.7. The Morgan fingerprint density at radius 1 is 1.58 bits per heavy atom. The number of anilines is 1. The highest BCUT2D eigenvalue weighted by Crippen LogP contribution is 2.25. The lowest BCUT2D eigenvalue weighted by Gasteiger charge is -2.36. The van der Waals surface area contributed by atoms with Crippen LogP contribution in [0.1, 0.15) is 6.92 Å². The smallest absolute Gasteiger partial charge is 0.274 e.